The largest absolute Gasteiger partial charge is 0.370 e. The Hall–Kier alpha value is -1.09. The van der Waals surface area contributed by atoms with E-state index in [4.69, 9.17) is 0 Å². The van der Waals surface area contributed by atoms with Crippen molar-refractivity contribution in [3.05, 3.63) is 24.0 Å². The third-order valence-corrected chi connectivity index (χ3v) is 3.42. The van der Waals surface area contributed by atoms with Crippen LogP contribution in [0.2, 0.25) is 0 Å². The van der Waals surface area contributed by atoms with Crippen LogP contribution in [0.25, 0.3) is 0 Å². The lowest BCUT2D eigenvalue weighted by Crippen LogP contribution is -2.30. The summed E-state index contributed by atoms with van der Waals surface area (Å²) in [6, 6.07) is 4.80. The zero-order valence-electron chi connectivity index (χ0n) is 11.1. The van der Waals surface area contributed by atoms with Gasteiger partial charge in [0, 0.05) is 25.3 Å². The summed E-state index contributed by atoms with van der Waals surface area (Å²) in [5, 5.41) is 3.53. The van der Waals surface area contributed by atoms with Crippen LogP contribution < -0.4 is 10.2 Å². The Morgan fingerprint density at radius 3 is 3.06 bits per heavy atom. The van der Waals surface area contributed by atoms with Crippen LogP contribution in [0.15, 0.2) is 18.3 Å². The van der Waals surface area contributed by atoms with Gasteiger partial charge in [-0.25, -0.2) is 0 Å². The van der Waals surface area contributed by atoms with Crippen molar-refractivity contribution >= 4 is 5.69 Å². The van der Waals surface area contributed by atoms with E-state index in [1.807, 2.05) is 12.3 Å². The van der Waals surface area contributed by atoms with E-state index < -0.39 is 0 Å². The van der Waals surface area contributed by atoms with Gasteiger partial charge in [-0.2, -0.15) is 0 Å². The normalized spacial score (nSPS) is 20.2. The molecule has 3 nitrogen and oxygen atoms in total. The van der Waals surface area contributed by atoms with E-state index in [1.165, 1.54) is 12.1 Å². The molecule has 1 atom stereocenters. The Kier molecular flexibility index (Phi) is 4.00. The molecule has 0 spiro atoms. The molecule has 0 radical (unpaired) electrons. The molecule has 0 amide bonds. The molecule has 2 rings (SSSR count). The Bertz CT molecular complexity index is 362. The van der Waals surface area contributed by atoms with E-state index in [1.54, 1.807) is 0 Å². The fourth-order valence-electron chi connectivity index (χ4n) is 2.43. The number of rotatable bonds is 4. The molecule has 0 bridgehead atoms. The molecule has 0 aliphatic carbocycles. The highest BCUT2D eigenvalue weighted by molar-refractivity contribution is 5.50. The highest BCUT2D eigenvalue weighted by atomic mass is 15.2. The summed E-state index contributed by atoms with van der Waals surface area (Å²) >= 11 is 0. The van der Waals surface area contributed by atoms with Gasteiger partial charge < -0.3 is 10.2 Å². The predicted molar refractivity (Wildman–Crippen MR) is 72.4 cm³/mol. The van der Waals surface area contributed by atoms with Crippen LogP contribution in [0, 0.1) is 12.8 Å². The Balaban J connectivity index is 1.92. The lowest BCUT2D eigenvalue weighted by atomic mass is 10.1. The van der Waals surface area contributed by atoms with E-state index in [0.717, 1.165) is 31.2 Å². The second kappa shape index (κ2) is 5.50. The third kappa shape index (κ3) is 3.19. The first kappa shape index (κ1) is 12.4. The highest BCUT2D eigenvalue weighted by Crippen LogP contribution is 2.25. The van der Waals surface area contributed by atoms with Crippen molar-refractivity contribution in [1.29, 1.82) is 0 Å². The third-order valence-electron chi connectivity index (χ3n) is 3.42. The van der Waals surface area contributed by atoms with Gasteiger partial charge in [-0.15, -0.1) is 0 Å². The number of nitrogens with zero attached hydrogens (tertiary/aromatic N) is 2. The first-order chi connectivity index (χ1) is 8.16. The van der Waals surface area contributed by atoms with Gasteiger partial charge in [-0.3, -0.25) is 4.98 Å². The van der Waals surface area contributed by atoms with E-state index >= 15 is 0 Å². The van der Waals surface area contributed by atoms with Crippen LogP contribution >= 0.6 is 0 Å². The van der Waals surface area contributed by atoms with Gasteiger partial charge in [0.2, 0.25) is 0 Å². The summed E-state index contributed by atoms with van der Waals surface area (Å²) in [6.45, 7) is 9.96. The van der Waals surface area contributed by atoms with E-state index in [2.05, 4.69) is 42.0 Å². The fraction of sp³-hybridized carbons (Fsp3) is 0.643. The van der Waals surface area contributed by atoms with E-state index in [9.17, 15) is 0 Å². The summed E-state index contributed by atoms with van der Waals surface area (Å²) in [4.78, 5) is 6.83. The molecule has 3 heteroatoms. The smallest absolute Gasteiger partial charge is 0.0605 e. The number of hydrogen-bond donors (Lipinski definition) is 1. The highest BCUT2D eigenvalue weighted by Gasteiger charge is 2.23. The summed E-state index contributed by atoms with van der Waals surface area (Å²) < 4.78 is 0. The Morgan fingerprint density at radius 2 is 2.35 bits per heavy atom. The number of pyridine rings is 1. The molecule has 1 aliphatic heterocycles. The van der Waals surface area contributed by atoms with Gasteiger partial charge in [0.1, 0.15) is 0 Å². The van der Waals surface area contributed by atoms with E-state index in [0.29, 0.717) is 6.04 Å². The number of nitrogens with one attached hydrogen (secondary N) is 1. The van der Waals surface area contributed by atoms with Gasteiger partial charge in [0.25, 0.3) is 0 Å². The zero-order chi connectivity index (χ0) is 12.3. The molecule has 0 saturated carbocycles. The van der Waals surface area contributed by atoms with Crippen molar-refractivity contribution in [1.82, 2.24) is 10.3 Å². The van der Waals surface area contributed by atoms with Gasteiger partial charge >= 0.3 is 0 Å². The summed E-state index contributed by atoms with van der Waals surface area (Å²) in [7, 11) is 0. The standard InChI is InChI=1S/C14H23N3/c1-11(2)16-9-13-6-8-17(10-13)14-5-4-7-15-12(14)3/h4-5,7,11,13,16H,6,8-10H2,1-3H3. The Labute approximate surface area is 104 Å². The van der Waals surface area contributed by atoms with Crippen molar-refractivity contribution in [3.63, 3.8) is 0 Å². The minimum atomic E-state index is 0.587. The summed E-state index contributed by atoms with van der Waals surface area (Å²) in [6.07, 6.45) is 3.15. The van der Waals surface area contributed by atoms with Crippen molar-refractivity contribution in [2.24, 2.45) is 5.92 Å². The molecule has 1 N–H and O–H groups in total. The maximum Gasteiger partial charge on any atom is 0.0605 e. The lowest BCUT2D eigenvalue weighted by molar-refractivity contribution is 0.480. The molecular weight excluding hydrogens is 210 g/mol. The number of hydrogen-bond acceptors (Lipinski definition) is 3. The average molecular weight is 233 g/mol. The molecule has 17 heavy (non-hydrogen) atoms. The predicted octanol–water partition coefficient (Wildman–Crippen LogP) is 2.21. The first-order valence-corrected chi connectivity index (χ1v) is 6.56. The van der Waals surface area contributed by atoms with Gasteiger partial charge in [-0.05, 0) is 37.9 Å². The van der Waals surface area contributed by atoms with Crippen LogP contribution in [-0.4, -0.2) is 30.7 Å². The first-order valence-electron chi connectivity index (χ1n) is 6.56. The number of anilines is 1. The molecule has 1 aromatic rings. The van der Waals surface area contributed by atoms with Gasteiger partial charge in [0.15, 0.2) is 0 Å². The second-order valence-corrected chi connectivity index (χ2v) is 5.27. The summed E-state index contributed by atoms with van der Waals surface area (Å²) in [5.41, 5.74) is 2.45. The van der Waals surface area contributed by atoms with Crippen LogP contribution in [0.1, 0.15) is 26.0 Å². The Morgan fingerprint density at radius 1 is 1.53 bits per heavy atom. The topological polar surface area (TPSA) is 28.2 Å². The van der Waals surface area contributed by atoms with Crippen molar-refractivity contribution in [2.75, 3.05) is 24.5 Å². The van der Waals surface area contributed by atoms with Crippen LogP contribution in [0.4, 0.5) is 5.69 Å². The average Bonchev–Trinajstić information content (AvgIpc) is 2.75. The molecule has 0 aromatic carbocycles. The number of aryl methyl sites for hydroxylation is 1. The molecule has 94 valence electrons. The van der Waals surface area contributed by atoms with E-state index in [-0.39, 0.29) is 0 Å². The quantitative estimate of drug-likeness (QED) is 0.864. The second-order valence-electron chi connectivity index (χ2n) is 5.27. The minimum Gasteiger partial charge on any atom is -0.370 e. The van der Waals surface area contributed by atoms with Crippen molar-refractivity contribution in [2.45, 2.75) is 33.2 Å². The molecule has 1 aliphatic rings. The summed E-state index contributed by atoms with van der Waals surface area (Å²) in [5.74, 6) is 0.775. The fourth-order valence-corrected chi connectivity index (χ4v) is 2.43. The maximum atomic E-state index is 4.37. The molecule has 1 unspecified atom stereocenters. The van der Waals surface area contributed by atoms with Crippen LogP contribution in [0.5, 0.6) is 0 Å². The molecule has 2 heterocycles. The SMILES string of the molecule is Cc1ncccc1N1CCC(CNC(C)C)C1. The maximum absolute atomic E-state index is 4.37. The minimum absolute atomic E-state index is 0.587. The zero-order valence-corrected chi connectivity index (χ0v) is 11.1. The number of aromatic nitrogens is 1. The van der Waals surface area contributed by atoms with Gasteiger partial charge in [-0.1, -0.05) is 13.8 Å². The van der Waals surface area contributed by atoms with Crippen molar-refractivity contribution in [3.8, 4) is 0 Å². The molecule has 1 aromatic heterocycles. The van der Waals surface area contributed by atoms with Crippen molar-refractivity contribution < 1.29 is 0 Å². The lowest BCUT2D eigenvalue weighted by Gasteiger charge is -2.20. The monoisotopic (exact) mass is 233 g/mol. The van der Waals surface area contributed by atoms with Crippen LogP contribution in [0.3, 0.4) is 0 Å². The molecular formula is C14H23N3. The van der Waals surface area contributed by atoms with Crippen LogP contribution in [-0.2, 0) is 0 Å². The molecule has 1 saturated heterocycles. The molecule has 1 fully saturated rings. The van der Waals surface area contributed by atoms with Gasteiger partial charge in [0.05, 0.1) is 11.4 Å².